The summed E-state index contributed by atoms with van der Waals surface area (Å²) in [5, 5.41) is 2.63. The Kier molecular flexibility index (Phi) is 8.39. The number of benzene rings is 2. The van der Waals surface area contributed by atoms with Crippen LogP contribution in [0.2, 0.25) is 0 Å². The zero-order chi connectivity index (χ0) is 22.8. The third-order valence-electron chi connectivity index (χ3n) is 4.75. The zero-order valence-corrected chi connectivity index (χ0v) is 17.9. The number of halogens is 1. The number of nitrogens with one attached hydrogen (secondary N) is 1. The second kappa shape index (κ2) is 11.7. The first-order valence-corrected chi connectivity index (χ1v) is 10.2. The summed E-state index contributed by atoms with van der Waals surface area (Å²) in [5.74, 6) is -0.0764. The highest BCUT2D eigenvalue weighted by Crippen LogP contribution is 2.13. The van der Waals surface area contributed by atoms with Gasteiger partial charge in [0.25, 0.3) is 0 Å². The Morgan fingerprint density at radius 2 is 1.81 bits per heavy atom. The molecule has 3 aromatic rings. The van der Waals surface area contributed by atoms with Gasteiger partial charge in [-0.25, -0.2) is 9.18 Å². The minimum atomic E-state index is -0.515. The van der Waals surface area contributed by atoms with E-state index in [2.05, 4.69) is 5.32 Å². The van der Waals surface area contributed by atoms with Crippen LogP contribution in [0.4, 0.5) is 14.9 Å². The van der Waals surface area contributed by atoms with Gasteiger partial charge in [0, 0.05) is 25.9 Å². The van der Waals surface area contributed by atoms with Crippen LogP contribution in [-0.2, 0) is 22.6 Å². The van der Waals surface area contributed by atoms with Crippen LogP contribution in [-0.4, -0.2) is 48.5 Å². The van der Waals surface area contributed by atoms with Crippen molar-refractivity contribution in [1.82, 2.24) is 9.80 Å². The highest BCUT2D eigenvalue weighted by Gasteiger charge is 2.22. The monoisotopic (exact) mass is 439 g/mol. The number of urea groups is 1. The van der Waals surface area contributed by atoms with Crippen molar-refractivity contribution in [3.8, 4) is 0 Å². The summed E-state index contributed by atoms with van der Waals surface area (Å²) >= 11 is 0. The fourth-order valence-electron chi connectivity index (χ4n) is 3.11. The molecule has 3 rings (SSSR count). The minimum Gasteiger partial charge on any atom is -0.467 e. The van der Waals surface area contributed by atoms with Gasteiger partial charge in [-0.05, 0) is 35.9 Å². The number of anilines is 1. The summed E-state index contributed by atoms with van der Waals surface area (Å²) in [7, 11) is 1.52. The van der Waals surface area contributed by atoms with E-state index in [1.165, 1.54) is 30.2 Å². The number of nitrogens with zero attached hydrogens (tertiary/aromatic N) is 2. The van der Waals surface area contributed by atoms with Crippen LogP contribution in [0.15, 0.2) is 77.4 Å². The van der Waals surface area contributed by atoms with Crippen molar-refractivity contribution in [1.29, 1.82) is 0 Å². The molecule has 32 heavy (non-hydrogen) atoms. The molecule has 1 N–H and O–H groups in total. The molecule has 168 valence electrons. The van der Waals surface area contributed by atoms with Crippen molar-refractivity contribution in [2.75, 3.05) is 32.1 Å². The van der Waals surface area contributed by atoms with Crippen LogP contribution < -0.4 is 5.32 Å². The number of carbonyl (C=O) groups is 2. The maximum Gasteiger partial charge on any atom is 0.322 e. The summed E-state index contributed by atoms with van der Waals surface area (Å²) in [6.07, 6.45) is 1.55. The maximum absolute atomic E-state index is 13.5. The first-order chi connectivity index (χ1) is 15.5. The van der Waals surface area contributed by atoms with Gasteiger partial charge >= 0.3 is 6.03 Å². The standard InChI is InChI=1S/C24H26FN3O4/c1-31-14-12-27(24(30)26-21-10-5-9-20(25)15-21)18-23(29)28(17-22-11-6-13-32-22)16-19-7-3-2-4-8-19/h2-11,13,15H,12,14,16-18H2,1H3,(H,26,30). The summed E-state index contributed by atoms with van der Waals surface area (Å²) in [4.78, 5) is 29.0. The molecule has 0 aliphatic rings. The smallest absolute Gasteiger partial charge is 0.322 e. The lowest BCUT2D eigenvalue weighted by atomic mass is 10.2. The Morgan fingerprint density at radius 3 is 2.50 bits per heavy atom. The Labute approximate surface area is 186 Å². The van der Waals surface area contributed by atoms with E-state index in [0.29, 0.717) is 18.0 Å². The van der Waals surface area contributed by atoms with Gasteiger partial charge < -0.3 is 24.3 Å². The number of ether oxygens (including phenoxy) is 1. The predicted octanol–water partition coefficient (Wildman–Crippen LogP) is 4.13. The summed E-state index contributed by atoms with van der Waals surface area (Å²) < 4.78 is 24.0. The summed E-state index contributed by atoms with van der Waals surface area (Å²) in [6, 6.07) is 18.2. The van der Waals surface area contributed by atoms with Gasteiger partial charge in [0.15, 0.2) is 0 Å². The molecule has 0 bridgehead atoms. The SMILES string of the molecule is COCCN(CC(=O)N(Cc1ccccc1)Cc1ccco1)C(=O)Nc1cccc(F)c1. The molecule has 7 nitrogen and oxygen atoms in total. The molecule has 3 amide bonds. The highest BCUT2D eigenvalue weighted by molar-refractivity contribution is 5.92. The van der Waals surface area contributed by atoms with Crippen LogP contribution in [0.1, 0.15) is 11.3 Å². The molecule has 0 aliphatic heterocycles. The van der Waals surface area contributed by atoms with E-state index >= 15 is 0 Å². The van der Waals surface area contributed by atoms with E-state index in [-0.39, 0.29) is 32.1 Å². The van der Waals surface area contributed by atoms with Crippen LogP contribution in [0.25, 0.3) is 0 Å². The molecule has 1 heterocycles. The lowest BCUT2D eigenvalue weighted by Crippen LogP contribution is -2.45. The average molecular weight is 439 g/mol. The average Bonchev–Trinajstić information content (AvgIpc) is 3.30. The quantitative estimate of drug-likeness (QED) is 0.516. The van der Waals surface area contributed by atoms with Crippen molar-refractivity contribution in [2.45, 2.75) is 13.1 Å². The van der Waals surface area contributed by atoms with Gasteiger partial charge in [-0.2, -0.15) is 0 Å². The van der Waals surface area contributed by atoms with E-state index in [9.17, 15) is 14.0 Å². The minimum absolute atomic E-state index is 0.169. The van der Waals surface area contributed by atoms with E-state index in [1.807, 2.05) is 30.3 Å². The molecule has 0 aliphatic carbocycles. The molecule has 1 aromatic heterocycles. The van der Waals surface area contributed by atoms with Crippen molar-refractivity contribution in [3.05, 3.63) is 90.1 Å². The van der Waals surface area contributed by atoms with Crippen LogP contribution in [0.3, 0.4) is 0 Å². The molecule has 0 fully saturated rings. The Balaban J connectivity index is 1.73. The fourth-order valence-corrected chi connectivity index (χ4v) is 3.11. The van der Waals surface area contributed by atoms with Gasteiger partial charge in [0.1, 0.15) is 18.1 Å². The van der Waals surface area contributed by atoms with E-state index in [4.69, 9.17) is 9.15 Å². The van der Waals surface area contributed by atoms with Gasteiger partial charge in [0.05, 0.1) is 19.4 Å². The Morgan fingerprint density at radius 1 is 1.00 bits per heavy atom. The number of furan rings is 1. The molecule has 0 spiro atoms. The van der Waals surface area contributed by atoms with Gasteiger partial charge in [-0.3, -0.25) is 4.79 Å². The molecule has 0 saturated heterocycles. The van der Waals surface area contributed by atoms with E-state index in [1.54, 1.807) is 29.4 Å². The Bertz CT molecular complexity index is 995. The lowest BCUT2D eigenvalue weighted by Gasteiger charge is -2.27. The zero-order valence-electron chi connectivity index (χ0n) is 17.9. The van der Waals surface area contributed by atoms with Crippen LogP contribution >= 0.6 is 0 Å². The van der Waals surface area contributed by atoms with E-state index < -0.39 is 11.8 Å². The number of hydrogen-bond donors (Lipinski definition) is 1. The van der Waals surface area contributed by atoms with Crippen LogP contribution in [0, 0.1) is 5.82 Å². The number of carbonyl (C=O) groups excluding carboxylic acids is 2. The number of rotatable bonds is 10. The molecule has 2 aromatic carbocycles. The number of methoxy groups -OCH3 is 1. The largest absolute Gasteiger partial charge is 0.467 e. The van der Waals surface area contributed by atoms with Crippen LogP contribution in [0.5, 0.6) is 0 Å². The van der Waals surface area contributed by atoms with Crippen molar-refractivity contribution in [3.63, 3.8) is 0 Å². The molecule has 0 saturated carbocycles. The maximum atomic E-state index is 13.5. The van der Waals surface area contributed by atoms with Crippen molar-refractivity contribution < 1.29 is 23.1 Å². The molecule has 0 unspecified atom stereocenters. The van der Waals surface area contributed by atoms with Crippen molar-refractivity contribution >= 4 is 17.6 Å². The first-order valence-electron chi connectivity index (χ1n) is 10.2. The third-order valence-corrected chi connectivity index (χ3v) is 4.75. The molecule has 0 radical (unpaired) electrons. The van der Waals surface area contributed by atoms with Gasteiger partial charge in [-0.15, -0.1) is 0 Å². The van der Waals surface area contributed by atoms with E-state index in [0.717, 1.165) is 5.56 Å². The molecule has 0 atom stereocenters. The second-order valence-corrected chi connectivity index (χ2v) is 7.17. The first kappa shape index (κ1) is 23.0. The second-order valence-electron chi connectivity index (χ2n) is 7.17. The normalized spacial score (nSPS) is 10.6. The topological polar surface area (TPSA) is 75.0 Å². The molecular formula is C24H26FN3O4. The lowest BCUT2D eigenvalue weighted by molar-refractivity contribution is -0.133. The number of hydrogen-bond acceptors (Lipinski definition) is 4. The fraction of sp³-hybridized carbons (Fsp3) is 0.250. The third kappa shape index (κ3) is 6.95. The Hall–Kier alpha value is -3.65. The van der Waals surface area contributed by atoms with Gasteiger partial charge in [-0.1, -0.05) is 36.4 Å². The molecule has 8 heteroatoms. The van der Waals surface area contributed by atoms with Gasteiger partial charge in [0.2, 0.25) is 5.91 Å². The highest BCUT2D eigenvalue weighted by atomic mass is 19.1. The summed E-state index contributed by atoms with van der Waals surface area (Å²) in [6.45, 7) is 0.913. The number of amides is 3. The molecular weight excluding hydrogens is 413 g/mol. The van der Waals surface area contributed by atoms with Crippen molar-refractivity contribution in [2.24, 2.45) is 0 Å². The summed E-state index contributed by atoms with van der Waals surface area (Å²) in [5.41, 5.74) is 1.27. The predicted molar refractivity (Wildman–Crippen MR) is 118 cm³/mol.